The molecule has 3 heteroatoms. The van der Waals surface area contributed by atoms with Gasteiger partial charge >= 0.3 is 0 Å². The third-order valence-electron chi connectivity index (χ3n) is 3.26. The van der Waals surface area contributed by atoms with E-state index in [1.165, 1.54) is 0 Å². The van der Waals surface area contributed by atoms with Crippen molar-refractivity contribution < 1.29 is 9.90 Å². The summed E-state index contributed by atoms with van der Waals surface area (Å²) in [5.74, 6) is -0.0231. The second kappa shape index (κ2) is 5.88. The highest BCUT2D eigenvalue weighted by Gasteiger charge is 2.10. The van der Waals surface area contributed by atoms with E-state index in [1.54, 1.807) is 25.1 Å². The number of aliphatic hydroxyl groups excluding tert-OH is 1. The summed E-state index contributed by atoms with van der Waals surface area (Å²) in [4.78, 5) is 13.6. The Morgan fingerprint density at radius 1 is 1.15 bits per heavy atom. The zero-order valence-electron chi connectivity index (χ0n) is 12.1. The van der Waals surface area contributed by atoms with Crippen molar-refractivity contribution in [2.75, 3.05) is 14.1 Å². The molecular formula is C17H19NO2. The molecule has 0 fully saturated rings. The van der Waals surface area contributed by atoms with Crippen molar-refractivity contribution in [2.45, 2.75) is 13.5 Å². The number of rotatable bonds is 3. The molecule has 0 unspecified atom stereocenters. The number of nitrogens with zero attached hydrogens (tertiary/aromatic N) is 1. The predicted molar refractivity (Wildman–Crippen MR) is 80.6 cm³/mol. The number of carbonyl (C=O) groups excluding carboxylic acids is 1. The lowest BCUT2D eigenvalue weighted by Crippen LogP contribution is -2.21. The molecule has 0 spiro atoms. The van der Waals surface area contributed by atoms with E-state index in [-0.39, 0.29) is 12.5 Å². The molecule has 1 amide bonds. The van der Waals surface area contributed by atoms with Gasteiger partial charge < -0.3 is 10.0 Å². The lowest BCUT2D eigenvalue weighted by molar-refractivity contribution is 0.0827. The summed E-state index contributed by atoms with van der Waals surface area (Å²) in [5.41, 5.74) is 4.57. The summed E-state index contributed by atoms with van der Waals surface area (Å²) in [6.45, 7) is 2.00. The Morgan fingerprint density at radius 3 is 2.55 bits per heavy atom. The van der Waals surface area contributed by atoms with E-state index in [9.17, 15) is 9.90 Å². The molecule has 0 aliphatic rings. The maximum atomic E-state index is 12.0. The quantitative estimate of drug-likeness (QED) is 0.930. The molecule has 0 atom stereocenters. The van der Waals surface area contributed by atoms with E-state index in [0.29, 0.717) is 5.56 Å². The zero-order chi connectivity index (χ0) is 14.7. The Kier molecular flexibility index (Phi) is 4.20. The van der Waals surface area contributed by atoms with Crippen LogP contribution in [-0.2, 0) is 6.61 Å². The van der Waals surface area contributed by atoms with Crippen molar-refractivity contribution in [1.29, 1.82) is 0 Å². The van der Waals surface area contributed by atoms with Gasteiger partial charge in [-0.1, -0.05) is 35.9 Å². The molecule has 3 nitrogen and oxygen atoms in total. The summed E-state index contributed by atoms with van der Waals surface area (Å²) in [7, 11) is 3.47. The van der Waals surface area contributed by atoms with Crippen LogP contribution in [0.1, 0.15) is 21.5 Å². The molecule has 2 aromatic carbocycles. The first kappa shape index (κ1) is 14.3. The fourth-order valence-corrected chi connectivity index (χ4v) is 2.17. The van der Waals surface area contributed by atoms with E-state index < -0.39 is 0 Å². The molecule has 0 aliphatic heterocycles. The van der Waals surface area contributed by atoms with Crippen LogP contribution in [0.2, 0.25) is 0 Å². The van der Waals surface area contributed by atoms with Crippen LogP contribution < -0.4 is 0 Å². The molecule has 0 saturated heterocycles. The third-order valence-corrected chi connectivity index (χ3v) is 3.26. The van der Waals surface area contributed by atoms with Gasteiger partial charge in [0.15, 0.2) is 0 Å². The minimum Gasteiger partial charge on any atom is -0.392 e. The Morgan fingerprint density at radius 2 is 1.90 bits per heavy atom. The fraction of sp³-hybridized carbons (Fsp3) is 0.235. The van der Waals surface area contributed by atoms with Gasteiger partial charge in [0.05, 0.1) is 6.61 Å². The molecule has 0 aliphatic carbocycles. The first-order valence-electron chi connectivity index (χ1n) is 6.55. The zero-order valence-corrected chi connectivity index (χ0v) is 12.1. The summed E-state index contributed by atoms with van der Waals surface area (Å²) >= 11 is 0. The average Bonchev–Trinajstić information content (AvgIpc) is 2.46. The largest absolute Gasteiger partial charge is 0.392 e. The number of hydrogen-bond donors (Lipinski definition) is 1. The summed E-state index contributed by atoms with van der Waals surface area (Å²) in [5, 5.41) is 9.46. The highest BCUT2D eigenvalue weighted by molar-refractivity contribution is 5.95. The van der Waals surface area contributed by atoms with Crippen molar-refractivity contribution >= 4 is 5.91 Å². The molecule has 0 radical (unpaired) electrons. The molecule has 0 heterocycles. The second-order valence-corrected chi connectivity index (χ2v) is 5.10. The third kappa shape index (κ3) is 2.89. The van der Waals surface area contributed by atoms with Gasteiger partial charge in [-0.15, -0.1) is 0 Å². The molecule has 0 bridgehead atoms. The molecular weight excluding hydrogens is 250 g/mol. The molecule has 20 heavy (non-hydrogen) atoms. The monoisotopic (exact) mass is 269 g/mol. The van der Waals surface area contributed by atoms with Gasteiger partial charge in [0.2, 0.25) is 0 Å². The van der Waals surface area contributed by atoms with Crippen LogP contribution >= 0.6 is 0 Å². The predicted octanol–water partition coefficient (Wildman–Crippen LogP) is 2.86. The standard InChI is InChI=1S/C17H19NO2/c1-12-7-8-15(11-19)16(9-12)13-5-4-6-14(10-13)17(20)18(2)3/h4-10,19H,11H2,1-3H3. The van der Waals surface area contributed by atoms with Gasteiger partial charge in [0.25, 0.3) is 5.91 Å². The molecule has 0 saturated carbocycles. The lowest BCUT2D eigenvalue weighted by Gasteiger charge is -2.13. The van der Waals surface area contributed by atoms with Crippen molar-refractivity contribution in [1.82, 2.24) is 4.90 Å². The topological polar surface area (TPSA) is 40.5 Å². The summed E-state index contributed by atoms with van der Waals surface area (Å²) in [6, 6.07) is 13.4. The van der Waals surface area contributed by atoms with Crippen LogP contribution in [0.15, 0.2) is 42.5 Å². The minimum atomic E-state index is -0.0231. The van der Waals surface area contributed by atoms with Gasteiger partial charge in [0.1, 0.15) is 0 Å². The van der Waals surface area contributed by atoms with Crippen LogP contribution in [0.4, 0.5) is 0 Å². The number of aryl methyl sites for hydroxylation is 1. The van der Waals surface area contributed by atoms with Crippen LogP contribution in [0.5, 0.6) is 0 Å². The van der Waals surface area contributed by atoms with E-state index in [2.05, 4.69) is 0 Å². The van der Waals surface area contributed by atoms with Crippen LogP contribution in [0.3, 0.4) is 0 Å². The van der Waals surface area contributed by atoms with E-state index >= 15 is 0 Å². The number of aliphatic hydroxyl groups is 1. The van der Waals surface area contributed by atoms with Gasteiger partial charge in [-0.2, -0.15) is 0 Å². The van der Waals surface area contributed by atoms with Crippen molar-refractivity contribution in [3.63, 3.8) is 0 Å². The summed E-state index contributed by atoms with van der Waals surface area (Å²) in [6.07, 6.45) is 0. The van der Waals surface area contributed by atoms with Crippen molar-refractivity contribution in [3.8, 4) is 11.1 Å². The van der Waals surface area contributed by atoms with Crippen LogP contribution in [0.25, 0.3) is 11.1 Å². The van der Waals surface area contributed by atoms with E-state index in [0.717, 1.165) is 22.3 Å². The number of hydrogen-bond acceptors (Lipinski definition) is 2. The minimum absolute atomic E-state index is 0.0124. The molecule has 1 N–H and O–H groups in total. The van der Waals surface area contributed by atoms with Gasteiger partial charge in [-0.3, -0.25) is 4.79 Å². The fourth-order valence-electron chi connectivity index (χ4n) is 2.17. The highest BCUT2D eigenvalue weighted by Crippen LogP contribution is 2.26. The van der Waals surface area contributed by atoms with Crippen molar-refractivity contribution in [2.24, 2.45) is 0 Å². The Balaban J connectivity index is 2.51. The highest BCUT2D eigenvalue weighted by atomic mass is 16.3. The molecule has 2 rings (SSSR count). The Labute approximate surface area is 119 Å². The molecule has 104 valence electrons. The number of amides is 1. The average molecular weight is 269 g/mol. The van der Waals surface area contributed by atoms with E-state index in [1.807, 2.05) is 43.3 Å². The smallest absolute Gasteiger partial charge is 0.253 e. The van der Waals surface area contributed by atoms with Gasteiger partial charge in [0, 0.05) is 19.7 Å². The van der Waals surface area contributed by atoms with Crippen molar-refractivity contribution in [3.05, 3.63) is 59.2 Å². The first-order valence-corrected chi connectivity index (χ1v) is 6.55. The Hall–Kier alpha value is -2.13. The molecule has 0 aromatic heterocycles. The Bertz CT molecular complexity index is 633. The van der Waals surface area contributed by atoms with E-state index in [4.69, 9.17) is 0 Å². The second-order valence-electron chi connectivity index (χ2n) is 5.10. The van der Waals surface area contributed by atoms with Gasteiger partial charge in [-0.25, -0.2) is 0 Å². The maximum Gasteiger partial charge on any atom is 0.253 e. The number of benzene rings is 2. The van der Waals surface area contributed by atoms with Crippen LogP contribution in [0, 0.1) is 6.92 Å². The SMILES string of the molecule is Cc1ccc(CO)c(-c2cccc(C(=O)N(C)C)c2)c1. The van der Waals surface area contributed by atoms with Gasteiger partial charge in [-0.05, 0) is 35.7 Å². The van der Waals surface area contributed by atoms with Crippen LogP contribution in [-0.4, -0.2) is 30.0 Å². The molecule has 2 aromatic rings. The normalized spacial score (nSPS) is 10.4. The summed E-state index contributed by atoms with van der Waals surface area (Å²) < 4.78 is 0. The lowest BCUT2D eigenvalue weighted by atomic mass is 9.96. The number of carbonyl (C=O) groups is 1. The first-order chi connectivity index (χ1) is 9.52. The maximum absolute atomic E-state index is 12.0.